The Bertz CT molecular complexity index is 665. The maximum Gasteiger partial charge on any atom is 0.274 e. The summed E-state index contributed by atoms with van der Waals surface area (Å²) in [6.45, 7) is 1.16. The van der Waals surface area contributed by atoms with Crippen LogP contribution in [0.5, 0.6) is 5.75 Å². The van der Waals surface area contributed by atoms with Crippen molar-refractivity contribution in [3.8, 4) is 17.0 Å². The Morgan fingerprint density at radius 3 is 2.71 bits per heavy atom. The summed E-state index contributed by atoms with van der Waals surface area (Å²) in [6.07, 6.45) is 0.747. The molecule has 5 nitrogen and oxygen atoms in total. The highest BCUT2D eigenvalue weighted by Gasteiger charge is 2.09. The van der Waals surface area contributed by atoms with Crippen molar-refractivity contribution >= 4 is 5.69 Å². The maximum absolute atomic E-state index is 12.3. The molecule has 0 bridgehead atoms. The molecule has 2 aromatic rings. The standard InChI is InChI=1S/C16H20N2O3/c1-20-10-4-9-18-15(8-7-14(17)16(18)19)12-5-3-6-13(11-12)21-2/h3,5-8,11H,4,9-10,17H2,1-2H3. The number of benzene rings is 1. The van der Waals surface area contributed by atoms with Crippen LogP contribution in [0.25, 0.3) is 11.3 Å². The largest absolute Gasteiger partial charge is 0.497 e. The third-order valence-corrected chi connectivity index (χ3v) is 3.30. The molecule has 112 valence electrons. The molecular formula is C16H20N2O3. The van der Waals surface area contributed by atoms with Gasteiger partial charge in [0.15, 0.2) is 0 Å². The molecule has 0 saturated carbocycles. The summed E-state index contributed by atoms with van der Waals surface area (Å²) in [5.74, 6) is 0.750. The lowest BCUT2D eigenvalue weighted by Crippen LogP contribution is -2.24. The van der Waals surface area contributed by atoms with Crippen LogP contribution in [0.4, 0.5) is 5.69 Å². The van der Waals surface area contributed by atoms with Crippen molar-refractivity contribution in [3.05, 3.63) is 46.8 Å². The molecule has 0 amide bonds. The molecule has 1 heterocycles. The van der Waals surface area contributed by atoms with Crippen LogP contribution < -0.4 is 16.0 Å². The average Bonchev–Trinajstić information content (AvgIpc) is 2.52. The van der Waals surface area contributed by atoms with Gasteiger partial charge in [-0.3, -0.25) is 4.79 Å². The predicted molar refractivity (Wildman–Crippen MR) is 83.6 cm³/mol. The number of methoxy groups -OCH3 is 2. The molecule has 5 heteroatoms. The molecule has 1 aromatic heterocycles. The zero-order chi connectivity index (χ0) is 15.2. The lowest BCUT2D eigenvalue weighted by atomic mass is 10.1. The SMILES string of the molecule is COCCCn1c(-c2cccc(OC)c2)ccc(N)c1=O. The van der Waals surface area contributed by atoms with Crippen LogP contribution >= 0.6 is 0 Å². The van der Waals surface area contributed by atoms with Crippen LogP contribution in [-0.4, -0.2) is 25.4 Å². The van der Waals surface area contributed by atoms with Gasteiger partial charge in [-0.25, -0.2) is 0 Å². The van der Waals surface area contributed by atoms with Crippen molar-refractivity contribution < 1.29 is 9.47 Å². The van der Waals surface area contributed by atoms with Crippen molar-refractivity contribution in [2.75, 3.05) is 26.6 Å². The van der Waals surface area contributed by atoms with Gasteiger partial charge in [0.2, 0.25) is 0 Å². The van der Waals surface area contributed by atoms with Gasteiger partial charge in [0, 0.05) is 25.8 Å². The van der Waals surface area contributed by atoms with Crippen molar-refractivity contribution in [1.82, 2.24) is 4.57 Å². The molecule has 2 N–H and O–H groups in total. The number of hydrogen-bond acceptors (Lipinski definition) is 4. The van der Waals surface area contributed by atoms with E-state index in [-0.39, 0.29) is 11.2 Å². The van der Waals surface area contributed by atoms with E-state index in [9.17, 15) is 4.79 Å². The molecule has 0 atom stereocenters. The van der Waals surface area contributed by atoms with Gasteiger partial charge in [0.25, 0.3) is 5.56 Å². The number of pyridine rings is 1. The molecule has 1 aromatic carbocycles. The minimum atomic E-state index is -0.175. The number of anilines is 1. The van der Waals surface area contributed by atoms with Crippen molar-refractivity contribution in [2.45, 2.75) is 13.0 Å². The molecule has 0 aliphatic carbocycles. The topological polar surface area (TPSA) is 66.5 Å². The van der Waals surface area contributed by atoms with E-state index in [1.807, 2.05) is 30.3 Å². The Balaban J connectivity index is 2.46. The van der Waals surface area contributed by atoms with E-state index in [2.05, 4.69) is 0 Å². The van der Waals surface area contributed by atoms with Crippen LogP contribution in [0.15, 0.2) is 41.2 Å². The van der Waals surface area contributed by atoms with Crippen LogP contribution in [0.3, 0.4) is 0 Å². The minimum absolute atomic E-state index is 0.175. The summed E-state index contributed by atoms with van der Waals surface area (Å²) in [4.78, 5) is 12.3. The summed E-state index contributed by atoms with van der Waals surface area (Å²) in [7, 11) is 3.26. The van der Waals surface area contributed by atoms with Gasteiger partial charge in [-0.15, -0.1) is 0 Å². The van der Waals surface area contributed by atoms with E-state index in [0.717, 1.165) is 23.4 Å². The lowest BCUT2D eigenvalue weighted by molar-refractivity contribution is 0.190. The molecule has 0 unspecified atom stereocenters. The molecule has 0 aliphatic rings. The Morgan fingerprint density at radius 2 is 2.00 bits per heavy atom. The van der Waals surface area contributed by atoms with E-state index in [1.54, 1.807) is 24.9 Å². The number of nitrogens with two attached hydrogens (primary N) is 1. The zero-order valence-electron chi connectivity index (χ0n) is 12.3. The second-order valence-corrected chi connectivity index (χ2v) is 4.71. The van der Waals surface area contributed by atoms with E-state index in [4.69, 9.17) is 15.2 Å². The zero-order valence-corrected chi connectivity index (χ0v) is 12.3. The quantitative estimate of drug-likeness (QED) is 0.827. The first-order valence-corrected chi connectivity index (χ1v) is 6.80. The molecule has 0 saturated heterocycles. The highest BCUT2D eigenvalue weighted by Crippen LogP contribution is 2.23. The fraction of sp³-hybridized carbons (Fsp3) is 0.312. The average molecular weight is 288 g/mol. The Hall–Kier alpha value is -2.27. The lowest BCUT2D eigenvalue weighted by Gasteiger charge is -2.14. The van der Waals surface area contributed by atoms with Crippen LogP contribution in [-0.2, 0) is 11.3 Å². The summed E-state index contributed by atoms with van der Waals surface area (Å²) in [5, 5.41) is 0. The number of nitrogens with zero attached hydrogens (tertiary/aromatic N) is 1. The van der Waals surface area contributed by atoms with Crippen molar-refractivity contribution in [3.63, 3.8) is 0 Å². The number of hydrogen-bond donors (Lipinski definition) is 1. The monoisotopic (exact) mass is 288 g/mol. The second kappa shape index (κ2) is 6.95. The molecule has 0 fully saturated rings. The van der Waals surface area contributed by atoms with Crippen LogP contribution in [0, 0.1) is 0 Å². The van der Waals surface area contributed by atoms with E-state index < -0.39 is 0 Å². The predicted octanol–water partition coefficient (Wildman–Crippen LogP) is 2.14. The van der Waals surface area contributed by atoms with Gasteiger partial charge >= 0.3 is 0 Å². The normalized spacial score (nSPS) is 10.6. The van der Waals surface area contributed by atoms with Gasteiger partial charge in [-0.1, -0.05) is 12.1 Å². The summed E-state index contributed by atoms with van der Waals surface area (Å²) < 4.78 is 12.0. The van der Waals surface area contributed by atoms with Crippen molar-refractivity contribution in [1.29, 1.82) is 0 Å². The van der Waals surface area contributed by atoms with Gasteiger partial charge in [-0.05, 0) is 30.7 Å². The Morgan fingerprint density at radius 1 is 1.19 bits per heavy atom. The first-order valence-electron chi connectivity index (χ1n) is 6.80. The van der Waals surface area contributed by atoms with E-state index in [0.29, 0.717) is 13.2 Å². The number of ether oxygens (including phenoxy) is 2. The maximum atomic E-state index is 12.3. The minimum Gasteiger partial charge on any atom is -0.497 e. The van der Waals surface area contributed by atoms with Crippen LogP contribution in [0.2, 0.25) is 0 Å². The van der Waals surface area contributed by atoms with Gasteiger partial charge in [-0.2, -0.15) is 0 Å². The summed E-state index contributed by atoms with van der Waals surface area (Å²) in [6, 6.07) is 11.1. The van der Waals surface area contributed by atoms with E-state index in [1.165, 1.54) is 0 Å². The van der Waals surface area contributed by atoms with Crippen molar-refractivity contribution in [2.24, 2.45) is 0 Å². The van der Waals surface area contributed by atoms with Gasteiger partial charge in [0.05, 0.1) is 18.5 Å². The van der Waals surface area contributed by atoms with Gasteiger partial charge in [0.1, 0.15) is 5.75 Å². The smallest absolute Gasteiger partial charge is 0.274 e. The molecule has 0 aliphatic heterocycles. The highest BCUT2D eigenvalue weighted by atomic mass is 16.5. The first-order chi connectivity index (χ1) is 10.2. The van der Waals surface area contributed by atoms with Gasteiger partial charge < -0.3 is 19.8 Å². The third-order valence-electron chi connectivity index (χ3n) is 3.30. The highest BCUT2D eigenvalue weighted by molar-refractivity contribution is 5.63. The van der Waals surface area contributed by atoms with Crippen LogP contribution in [0.1, 0.15) is 6.42 Å². The van der Waals surface area contributed by atoms with E-state index >= 15 is 0 Å². The fourth-order valence-corrected chi connectivity index (χ4v) is 2.22. The molecule has 0 spiro atoms. The third kappa shape index (κ3) is 3.44. The fourth-order valence-electron chi connectivity index (χ4n) is 2.22. The summed E-state index contributed by atoms with van der Waals surface area (Å²) in [5.41, 5.74) is 7.56. The Labute approximate surface area is 123 Å². The first kappa shape index (κ1) is 15.1. The Kier molecular flexibility index (Phi) is 5.00. The number of aromatic nitrogens is 1. The molecule has 2 rings (SSSR count). The molecule has 21 heavy (non-hydrogen) atoms. The second-order valence-electron chi connectivity index (χ2n) is 4.71. The number of nitrogen functional groups attached to an aromatic ring is 1. The molecular weight excluding hydrogens is 268 g/mol. The summed E-state index contributed by atoms with van der Waals surface area (Å²) >= 11 is 0. The molecule has 0 radical (unpaired) electrons. The number of rotatable bonds is 6.